The van der Waals surface area contributed by atoms with E-state index in [1.165, 1.54) is 0 Å². The zero-order valence-electron chi connectivity index (χ0n) is 16.3. The molecule has 1 aliphatic carbocycles. The smallest absolute Gasteiger partial charge is 0.251 e. The largest absolute Gasteiger partial charge is 0.481 e. The number of carbonyl (C=O) groups is 1. The summed E-state index contributed by atoms with van der Waals surface area (Å²) in [7, 11) is 1.57. The van der Waals surface area contributed by atoms with E-state index in [4.69, 9.17) is 4.74 Å². The van der Waals surface area contributed by atoms with Crippen molar-refractivity contribution in [1.29, 1.82) is 0 Å². The fraction of sp³-hybridized carbons (Fsp3) is 0.450. The minimum Gasteiger partial charge on any atom is -0.481 e. The Morgan fingerprint density at radius 2 is 2.04 bits per heavy atom. The fourth-order valence-electron chi connectivity index (χ4n) is 2.65. The Morgan fingerprint density at radius 3 is 2.50 bits per heavy atom. The van der Waals surface area contributed by atoms with Gasteiger partial charge in [0.1, 0.15) is 5.82 Å². The van der Waals surface area contributed by atoms with Crippen LogP contribution in [0.15, 0.2) is 45.9 Å². The van der Waals surface area contributed by atoms with Gasteiger partial charge in [0.2, 0.25) is 5.88 Å². The molecule has 1 amide bonds. The molecule has 140 valence electrons. The van der Waals surface area contributed by atoms with Gasteiger partial charge >= 0.3 is 0 Å². The Kier molecular flexibility index (Phi) is 6.18. The number of ether oxygens (including phenoxy) is 1. The molecule has 1 aromatic heterocycles. The zero-order valence-corrected chi connectivity index (χ0v) is 16.3. The van der Waals surface area contributed by atoms with Gasteiger partial charge in [-0.05, 0) is 52.8 Å². The van der Waals surface area contributed by atoms with Crippen LogP contribution >= 0.6 is 0 Å². The third-order valence-electron chi connectivity index (χ3n) is 4.50. The Morgan fingerprint density at radius 1 is 1.35 bits per heavy atom. The van der Waals surface area contributed by atoms with Gasteiger partial charge < -0.3 is 15.4 Å². The van der Waals surface area contributed by atoms with Gasteiger partial charge in [0.05, 0.1) is 7.11 Å². The summed E-state index contributed by atoms with van der Waals surface area (Å²) in [6.07, 6.45) is 3.89. The standard InChI is InChI=1S/C20H28N4O2/c1-13(2)17(14(3)18(21-5)24-20(4)9-10-20)19(25)23-12-15-7-8-16(26-6)22-11-15/h7-8,11,24H,5,9-10,12H2,1-4,6H3,(H,23,25)/b18-14-. The Hall–Kier alpha value is -2.63. The first kappa shape index (κ1) is 19.7. The summed E-state index contributed by atoms with van der Waals surface area (Å²) in [4.78, 5) is 21.1. The van der Waals surface area contributed by atoms with E-state index in [-0.39, 0.29) is 11.4 Å². The lowest BCUT2D eigenvalue weighted by Gasteiger charge is -2.18. The minimum absolute atomic E-state index is 0.0653. The Labute approximate surface area is 155 Å². The number of aromatic nitrogens is 1. The van der Waals surface area contributed by atoms with Gasteiger partial charge in [0.15, 0.2) is 0 Å². The van der Waals surface area contributed by atoms with Crippen LogP contribution in [0.25, 0.3) is 0 Å². The van der Waals surface area contributed by atoms with E-state index >= 15 is 0 Å². The lowest BCUT2D eigenvalue weighted by atomic mass is 10.0. The maximum atomic E-state index is 12.8. The van der Waals surface area contributed by atoms with Crippen LogP contribution in [-0.2, 0) is 11.3 Å². The summed E-state index contributed by atoms with van der Waals surface area (Å²) in [5, 5.41) is 6.36. The summed E-state index contributed by atoms with van der Waals surface area (Å²) in [5.41, 5.74) is 3.33. The normalized spacial score (nSPS) is 15.4. The molecule has 6 nitrogen and oxygen atoms in total. The summed E-state index contributed by atoms with van der Waals surface area (Å²) in [5.74, 6) is 1.08. The van der Waals surface area contributed by atoms with E-state index < -0.39 is 0 Å². The van der Waals surface area contributed by atoms with Crippen LogP contribution in [0.5, 0.6) is 5.88 Å². The molecular weight excluding hydrogens is 328 g/mol. The first-order chi connectivity index (χ1) is 12.3. The van der Waals surface area contributed by atoms with Gasteiger partial charge in [-0.25, -0.2) is 9.98 Å². The topological polar surface area (TPSA) is 75.6 Å². The highest BCUT2D eigenvalue weighted by Crippen LogP contribution is 2.36. The molecule has 0 atom stereocenters. The number of hydrogen-bond donors (Lipinski definition) is 2. The Bertz CT molecular complexity index is 740. The first-order valence-electron chi connectivity index (χ1n) is 8.70. The van der Waals surface area contributed by atoms with Crippen LogP contribution < -0.4 is 15.4 Å². The molecule has 1 aromatic rings. The van der Waals surface area contributed by atoms with Crippen LogP contribution in [-0.4, -0.2) is 30.3 Å². The number of pyridine rings is 1. The summed E-state index contributed by atoms with van der Waals surface area (Å²) in [6.45, 7) is 11.9. The molecule has 0 saturated heterocycles. The second kappa shape index (κ2) is 8.17. The van der Waals surface area contributed by atoms with Gasteiger partial charge in [-0.2, -0.15) is 0 Å². The summed E-state index contributed by atoms with van der Waals surface area (Å²) >= 11 is 0. The highest BCUT2D eigenvalue weighted by molar-refractivity contribution is 5.98. The van der Waals surface area contributed by atoms with Gasteiger partial charge in [-0.3, -0.25) is 4.79 Å². The number of methoxy groups -OCH3 is 1. The molecule has 0 unspecified atom stereocenters. The molecule has 1 saturated carbocycles. The van der Waals surface area contributed by atoms with E-state index in [0.29, 0.717) is 23.8 Å². The molecule has 1 heterocycles. The molecule has 0 spiro atoms. The van der Waals surface area contributed by atoms with Crippen LogP contribution in [0.3, 0.4) is 0 Å². The average Bonchev–Trinajstić information content (AvgIpc) is 3.35. The van der Waals surface area contributed by atoms with E-state index in [1.807, 2.05) is 26.8 Å². The first-order valence-corrected chi connectivity index (χ1v) is 8.70. The molecular formula is C20H28N4O2. The van der Waals surface area contributed by atoms with Gasteiger partial charge in [0.25, 0.3) is 5.91 Å². The van der Waals surface area contributed by atoms with Gasteiger partial charge in [-0.15, -0.1) is 0 Å². The number of aliphatic imine (C=N–C) groups is 1. The maximum Gasteiger partial charge on any atom is 0.251 e. The van der Waals surface area contributed by atoms with Crippen molar-refractivity contribution < 1.29 is 9.53 Å². The van der Waals surface area contributed by atoms with Gasteiger partial charge in [-0.1, -0.05) is 11.6 Å². The van der Waals surface area contributed by atoms with Crippen molar-refractivity contribution in [2.24, 2.45) is 4.99 Å². The Balaban J connectivity index is 2.13. The van der Waals surface area contributed by atoms with Crippen molar-refractivity contribution >= 4 is 12.6 Å². The number of amides is 1. The van der Waals surface area contributed by atoms with Crippen molar-refractivity contribution in [1.82, 2.24) is 15.6 Å². The van der Waals surface area contributed by atoms with E-state index in [2.05, 4.69) is 34.3 Å². The SMILES string of the molecule is C=N/C(NC1(C)CC1)=C(\C)C(C(=O)NCc1ccc(OC)nc1)=C(C)C. The van der Waals surface area contributed by atoms with Crippen LogP contribution in [0.2, 0.25) is 0 Å². The van der Waals surface area contributed by atoms with Crippen LogP contribution in [0.1, 0.15) is 46.1 Å². The van der Waals surface area contributed by atoms with Crippen molar-refractivity contribution in [3.05, 3.63) is 46.4 Å². The maximum absolute atomic E-state index is 12.8. The number of nitrogens with zero attached hydrogens (tertiary/aromatic N) is 2. The highest BCUT2D eigenvalue weighted by atomic mass is 16.5. The summed E-state index contributed by atoms with van der Waals surface area (Å²) < 4.78 is 5.04. The zero-order chi connectivity index (χ0) is 19.3. The number of allylic oxidation sites excluding steroid dienone is 1. The molecule has 0 bridgehead atoms. The van der Waals surface area contributed by atoms with Crippen molar-refractivity contribution in [2.45, 2.75) is 52.6 Å². The molecule has 0 aromatic carbocycles. The predicted molar refractivity (Wildman–Crippen MR) is 104 cm³/mol. The molecule has 1 fully saturated rings. The highest BCUT2D eigenvalue weighted by Gasteiger charge is 2.38. The second-order valence-corrected chi connectivity index (χ2v) is 7.08. The monoisotopic (exact) mass is 356 g/mol. The second-order valence-electron chi connectivity index (χ2n) is 7.08. The third kappa shape index (κ3) is 4.94. The lowest BCUT2D eigenvalue weighted by Crippen LogP contribution is -2.30. The minimum atomic E-state index is -0.137. The fourth-order valence-corrected chi connectivity index (χ4v) is 2.65. The lowest BCUT2D eigenvalue weighted by molar-refractivity contribution is -0.117. The number of rotatable bonds is 8. The van der Waals surface area contributed by atoms with E-state index in [9.17, 15) is 4.79 Å². The van der Waals surface area contributed by atoms with Crippen molar-refractivity contribution in [3.63, 3.8) is 0 Å². The van der Waals surface area contributed by atoms with E-state index in [1.54, 1.807) is 19.4 Å². The molecule has 6 heteroatoms. The molecule has 2 rings (SSSR count). The summed E-state index contributed by atoms with van der Waals surface area (Å²) in [6, 6.07) is 3.65. The molecule has 0 radical (unpaired) electrons. The van der Waals surface area contributed by atoms with Gasteiger partial charge in [0, 0.05) is 35.5 Å². The van der Waals surface area contributed by atoms with Crippen molar-refractivity contribution in [3.8, 4) is 5.88 Å². The number of hydrogen-bond acceptors (Lipinski definition) is 5. The molecule has 0 aliphatic heterocycles. The molecule has 1 aliphatic rings. The molecule has 26 heavy (non-hydrogen) atoms. The van der Waals surface area contributed by atoms with Crippen LogP contribution in [0.4, 0.5) is 0 Å². The van der Waals surface area contributed by atoms with E-state index in [0.717, 1.165) is 29.6 Å². The number of nitrogens with one attached hydrogen (secondary N) is 2. The quantitative estimate of drug-likeness (QED) is 0.426. The predicted octanol–water partition coefficient (Wildman–Crippen LogP) is 3.12. The van der Waals surface area contributed by atoms with Crippen molar-refractivity contribution in [2.75, 3.05) is 7.11 Å². The van der Waals surface area contributed by atoms with Crippen LogP contribution in [0, 0.1) is 0 Å². The number of carbonyl (C=O) groups excluding carboxylic acids is 1. The third-order valence-corrected chi connectivity index (χ3v) is 4.50. The average molecular weight is 356 g/mol. The molecule has 2 N–H and O–H groups in total.